The summed E-state index contributed by atoms with van der Waals surface area (Å²) in [7, 11) is 0. The molecule has 0 unspecified atom stereocenters. The Balaban J connectivity index is 1.67. The molecule has 3 aromatic rings. The van der Waals surface area contributed by atoms with Crippen LogP contribution in [0.3, 0.4) is 0 Å². The first kappa shape index (κ1) is 21.6. The Morgan fingerprint density at radius 3 is 2.45 bits per heavy atom. The summed E-state index contributed by atoms with van der Waals surface area (Å²) in [6.07, 6.45) is 0.145. The van der Waals surface area contributed by atoms with Gasteiger partial charge in [-0.05, 0) is 59.7 Å². The fourth-order valence-corrected chi connectivity index (χ4v) is 2.59. The number of rotatable bonds is 6. The number of ether oxygens (including phenoxy) is 1. The predicted molar refractivity (Wildman–Crippen MR) is 109 cm³/mol. The number of benzene rings is 2. The zero-order valence-electron chi connectivity index (χ0n) is 16.1. The van der Waals surface area contributed by atoms with Crippen molar-refractivity contribution in [1.29, 1.82) is 5.26 Å². The van der Waals surface area contributed by atoms with Crippen molar-refractivity contribution in [2.75, 3.05) is 5.32 Å². The van der Waals surface area contributed by atoms with Gasteiger partial charge >= 0.3 is 6.18 Å². The largest absolute Gasteiger partial charge is 0.489 e. The van der Waals surface area contributed by atoms with E-state index >= 15 is 0 Å². The van der Waals surface area contributed by atoms with Gasteiger partial charge in [0.05, 0.1) is 5.56 Å². The first-order valence-electron chi connectivity index (χ1n) is 9.07. The number of amides is 1. The highest BCUT2D eigenvalue weighted by Gasteiger charge is 2.30. The molecule has 31 heavy (non-hydrogen) atoms. The average molecular weight is 423 g/mol. The maximum absolute atomic E-state index is 12.8. The van der Waals surface area contributed by atoms with Crippen molar-refractivity contribution in [2.24, 2.45) is 0 Å². The van der Waals surface area contributed by atoms with Gasteiger partial charge in [0, 0.05) is 18.1 Å². The van der Waals surface area contributed by atoms with E-state index in [9.17, 15) is 23.2 Å². The molecule has 0 bridgehead atoms. The topological polar surface area (TPSA) is 75.0 Å². The molecule has 1 heterocycles. The normalized spacial score (nSPS) is 11.5. The number of hydrogen-bond donors (Lipinski definition) is 1. The number of nitrogens with zero attached hydrogens (tertiary/aromatic N) is 2. The minimum Gasteiger partial charge on any atom is -0.489 e. The molecule has 5 nitrogen and oxygen atoms in total. The van der Waals surface area contributed by atoms with Gasteiger partial charge in [0.25, 0.3) is 5.91 Å². The van der Waals surface area contributed by atoms with Crippen LogP contribution in [0.25, 0.3) is 6.08 Å². The lowest BCUT2D eigenvalue weighted by Crippen LogP contribution is -2.14. The third-order valence-corrected chi connectivity index (χ3v) is 4.16. The third-order valence-electron chi connectivity index (χ3n) is 4.16. The standard InChI is InChI=1S/C23H16F3N3O2/c24-23(25,26)19-2-1-3-20(13-19)29-22(30)18(14-27)12-16-4-6-21(7-5-16)31-15-17-8-10-28-11-9-17/h1-13H,15H2,(H,29,30)/b18-12-. The van der Waals surface area contributed by atoms with E-state index in [4.69, 9.17) is 4.74 Å². The minimum atomic E-state index is -4.53. The van der Waals surface area contributed by atoms with E-state index in [0.717, 1.165) is 17.7 Å². The Morgan fingerprint density at radius 1 is 1.10 bits per heavy atom. The van der Waals surface area contributed by atoms with Gasteiger partial charge in [-0.3, -0.25) is 9.78 Å². The van der Waals surface area contributed by atoms with Gasteiger partial charge in [-0.1, -0.05) is 18.2 Å². The number of alkyl halides is 3. The van der Waals surface area contributed by atoms with E-state index in [1.807, 2.05) is 12.1 Å². The lowest BCUT2D eigenvalue weighted by atomic mass is 10.1. The highest BCUT2D eigenvalue weighted by molar-refractivity contribution is 6.09. The Labute approximate surface area is 176 Å². The second kappa shape index (κ2) is 9.59. The molecule has 0 aliphatic carbocycles. The van der Waals surface area contributed by atoms with Gasteiger partial charge in [0.2, 0.25) is 0 Å². The van der Waals surface area contributed by atoms with Crippen LogP contribution in [0.15, 0.2) is 78.6 Å². The molecule has 0 saturated carbocycles. The molecule has 0 fully saturated rings. The number of hydrogen-bond acceptors (Lipinski definition) is 4. The maximum Gasteiger partial charge on any atom is 0.416 e. The van der Waals surface area contributed by atoms with E-state index in [0.29, 0.717) is 17.9 Å². The lowest BCUT2D eigenvalue weighted by Gasteiger charge is -2.09. The SMILES string of the molecule is N#C/C(=C/c1ccc(OCc2ccncc2)cc1)C(=O)Nc1cccc(C(F)(F)F)c1. The Hall–Kier alpha value is -4.12. The van der Waals surface area contributed by atoms with E-state index in [-0.39, 0.29) is 11.3 Å². The molecule has 0 aliphatic heterocycles. The van der Waals surface area contributed by atoms with Crippen molar-refractivity contribution in [3.63, 3.8) is 0 Å². The second-order valence-corrected chi connectivity index (χ2v) is 6.42. The van der Waals surface area contributed by atoms with Crippen LogP contribution in [-0.2, 0) is 17.6 Å². The molecule has 3 rings (SSSR count). The van der Waals surface area contributed by atoms with Crippen LogP contribution in [0, 0.1) is 11.3 Å². The molecule has 8 heteroatoms. The van der Waals surface area contributed by atoms with Crippen molar-refractivity contribution in [3.8, 4) is 11.8 Å². The van der Waals surface area contributed by atoms with Gasteiger partial charge in [-0.15, -0.1) is 0 Å². The van der Waals surface area contributed by atoms with Crippen LogP contribution in [0.1, 0.15) is 16.7 Å². The summed E-state index contributed by atoms with van der Waals surface area (Å²) in [5, 5.41) is 11.6. The van der Waals surface area contributed by atoms with Gasteiger partial charge in [0.15, 0.2) is 0 Å². The Morgan fingerprint density at radius 2 is 1.81 bits per heavy atom. The molecule has 0 saturated heterocycles. The van der Waals surface area contributed by atoms with Crippen molar-refractivity contribution in [2.45, 2.75) is 12.8 Å². The molecule has 0 spiro atoms. The van der Waals surface area contributed by atoms with Crippen molar-refractivity contribution < 1.29 is 22.7 Å². The van der Waals surface area contributed by atoms with Crippen molar-refractivity contribution in [1.82, 2.24) is 4.98 Å². The molecular weight excluding hydrogens is 407 g/mol. The molecule has 0 radical (unpaired) electrons. The van der Waals surface area contributed by atoms with Gasteiger partial charge < -0.3 is 10.1 Å². The van der Waals surface area contributed by atoms with Crippen LogP contribution in [0.5, 0.6) is 5.75 Å². The highest BCUT2D eigenvalue weighted by atomic mass is 19.4. The van der Waals surface area contributed by atoms with Crippen LogP contribution < -0.4 is 10.1 Å². The first-order valence-corrected chi connectivity index (χ1v) is 9.07. The zero-order chi connectivity index (χ0) is 22.3. The van der Waals surface area contributed by atoms with E-state index in [2.05, 4.69) is 10.3 Å². The average Bonchev–Trinajstić information content (AvgIpc) is 2.77. The van der Waals surface area contributed by atoms with E-state index in [1.54, 1.807) is 42.7 Å². The summed E-state index contributed by atoms with van der Waals surface area (Å²) in [6.45, 7) is 0.362. The molecule has 0 atom stereocenters. The Bertz CT molecular complexity index is 1120. The molecular formula is C23H16F3N3O2. The van der Waals surface area contributed by atoms with Gasteiger partial charge in [-0.2, -0.15) is 18.4 Å². The summed E-state index contributed by atoms with van der Waals surface area (Å²) >= 11 is 0. The molecule has 0 aliphatic rings. The summed E-state index contributed by atoms with van der Waals surface area (Å²) in [4.78, 5) is 16.3. The van der Waals surface area contributed by atoms with Gasteiger partial charge in [-0.25, -0.2) is 0 Å². The third kappa shape index (κ3) is 6.18. The molecule has 1 N–H and O–H groups in total. The van der Waals surface area contributed by atoms with Crippen LogP contribution in [0.2, 0.25) is 0 Å². The zero-order valence-corrected chi connectivity index (χ0v) is 16.1. The molecule has 1 amide bonds. The van der Waals surface area contributed by atoms with Crippen molar-refractivity contribution >= 4 is 17.7 Å². The smallest absolute Gasteiger partial charge is 0.416 e. The van der Waals surface area contributed by atoms with E-state index < -0.39 is 17.6 Å². The number of nitriles is 1. The lowest BCUT2D eigenvalue weighted by molar-refractivity contribution is -0.137. The molecule has 156 valence electrons. The predicted octanol–water partition coefficient (Wildman–Crippen LogP) is 5.23. The number of carbonyl (C=O) groups excluding carboxylic acids is 1. The Kier molecular flexibility index (Phi) is 6.67. The first-order chi connectivity index (χ1) is 14.8. The number of nitrogens with one attached hydrogen (secondary N) is 1. The summed E-state index contributed by atoms with van der Waals surface area (Å²) in [5.41, 5.74) is 0.322. The summed E-state index contributed by atoms with van der Waals surface area (Å²) in [6, 6.07) is 16.3. The number of pyridine rings is 1. The summed E-state index contributed by atoms with van der Waals surface area (Å²) in [5.74, 6) is -0.208. The number of carbonyl (C=O) groups is 1. The second-order valence-electron chi connectivity index (χ2n) is 6.42. The van der Waals surface area contributed by atoms with Crippen LogP contribution >= 0.6 is 0 Å². The fraction of sp³-hybridized carbons (Fsp3) is 0.0870. The number of anilines is 1. The number of aromatic nitrogens is 1. The fourth-order valence-electron chi connectivity index (χ4n) is 2.59. The highest BCUT2D eigenvalue weighted by Crippen LogP contribution is 2.30. The number of halogens is 3. The molecule has 2 aromatic carbocycles. The minimum absolute atomic E-state index is 0.0548. The molecule has 1 aromatic heterocycles. The van der Waals surface area contributed by atoms with E-state index in [1.165, 1.54) is 18.2 Å². The maximum atomic E-state index is 12.8. The van der Waals surface area contributed by atoms with Crippen LogP contribution in [0.4, 0.5) is 18.9 Å². The van der Waals surface area contributed by atoms with Crippen LogP contribution in [-0.4, -0.2) is 10.9 Å². The summed E-state index contributed by atoms with van der Waals surface area (Å²) < 4.78 is 44.1. The van der Waals surface area contributed by atoms with Gasteiger partial charge in [0.1, 0.15) is 24.0 Å². The van der Waals surface area contributed by atoms with Crippen molar-refractivity contribution in [3.05, 3.63) is 95.3 Å². The monoisotopic (exact) mass is 423 g/mol. The quantitative estimate of drug-likeness (QED) is 0.435.